The number of ether oxygens (including phenoxy) is 1. The minimum Gasteiger partial charge on any atom is -0.497 e. The molecule has 7 nitrogen and oxygen atoms in total. The van der Waals surface area contributed by atoms with E-state index in [1.165, 1.54) is 24.3 Å². The number of hydrogen-bond donors (Lipinski definition) is 1. The molecule has 0 aromatic heterocycles. The number of rotatable bonds is 7. The number of sulfonamides is 1. The van der Waals surface area contributed by atoms with Crippen LogP contribution in [-0.4, -0.2) is 30.2 Å². The Morgan fingerprint density at radius 1 is 0.917 bits per heavy atom. The molecule has 0 atom stereocenters. The first-order valence-corrected chi connectivity index (χ1v) is 10.2. The van der Waals surface area contributed by atoms with Crippen molar-refractivity contribution in [2.24, 2.45) is 0 Å². The third-order valence-electron chi connectivity index (χ3n) is 3.10. The minimum absolute atomic E-state index is 0.0235. The zero-order chi connectivity index (χ0) is 17.8. The van der Waals surface area contributed by atoms with Crippen molar-refractivity contribution in [3.05, 3.63) is 54.1 Å². The Kier molecular flexibility index (Phi) is 5.60. The normalized spacial score (nSPS) is 12.1. The fourth-order valence-electron chi connectivity index (χ4n) is 1.94. The zero-order valence-electron chi connectivity index (χ0n) is 13.1. The Hall–Kier alpha value is -1.94. The molecule has 24 heavy (non-hydrogen) atoms. The van der Waals surface area contributed by atoms with Crippen molar-refractivity contribution in [2.45, 2.75) is 16.4 Å². The average Bonchev–Trinajstić information content (AvgIpc) is 2.54. The van der Waals surface area contributed by atoms with Gasteiger partial charge in [-0.15, -0.1) is 0 Å². The summed E-state index contributed by atoms with van der Waals surface area (Å²) in [7, 11) is -6.28. The Morgan fingerprint density at radius 3 is 2.04 bits per heavy atom. The lowest BCUT2D eigenvalue weighted by molar-refractivity contribution is 0.0794. The van der Waals surface area contributed by atoms with E-state index >= 15 is 0 Å². The topological polar surface area (TPSA) is 98.8 Å². The second-order valence-electron chi connectivity index (χ2n) is 4.94. The molecule has 0 radical (unpaired) electrons. The molecule has 2 rings (SSSR count). The van der Waals surface area contributed by atoms with Gasteiger partial charge in [0.25, 0.3) is 10.0 Å². The third kappa shape index (κ3) is 4.54. The molecule has 0 unspecified atom stereocenters. The molecule has 130 valence electrons. The zero-order valence-corrected chi connectivity index (χ0v) is 14.7. The van der Waals surface area contributed by atoms with E-state index in [4.69, 9.17) is 9.57 Å². The van der Waals surface area contributed by atoms with Crippen molar-refractivity contribution in [3.8, 4) is 5.75 Å². The summed E-state index contributed by atoms with van der Waals surface area (Å²) < 4.78 is 53.0. The average molecular weight is 371 g/mol. The first-order valence-electron chi connectivity index (χ1n) is 6.79. The van der Waals surface area contributed by atoms with Gasteiger partial charge in [-0.05, 0) is 29.8 Å². The Bertz CT molecular complexity index is 905. The van der Waals surface area contributed by atoms with E-state index in [1.807, 2.05) is 4.89 Å². The second kappa shape index (κ2) is 7.31. The predicted molar refractivity (Wildman–Crippen MR) is 87.7 cm³/mol. The van der Waals surface area contributed by atoms with Crippen LogP contribution in [0.25, 0.3) is 0 Å². The van der Waals surface area contributed by atoms with Gasteiger partial charge in [-0.1, -0.05) is 29.2 Å². The van der Waals surface area contributed by atoms with Crippen LogP contribution in [0.3, 0.4) is 0 Å². The Balaban J connectivity index is 2.12. The van der Waals surface area contributed by atoms with Gasteiger partial charge in [-0.2, -0.15) is 0 Å². The van der Waals surface area contributed by atoms with Crippen LogP contribution >= 0.6 is 0 Å². The summed E-state index contributed by atoms with van der Waals surface area (Å²) in [6, 6.07) is 12.2. The standard InChI is InChI=1S/C15H17NO6S2/c1-21-13-9-7-12(8-10-13)11-22-16-24(19,20)15-6-4-3-5-14(15)23(2,17)18/h3-10,16H,11H2,1-2H3. The van der Waals surface area contributed by atoms with Crippen LogP contribution in [0.4, 0.5) is 0 Å². The molecule has 9 heteroatoms. The highest BCUT2D eigenvalue weighted by Crippen LogP contribution is 2.20. The molecule has 0 heterocycles. The maximum Gasteiger partial charge on any atom is 0.263 e. The van der Waals surface area contributed by atoms with Gasteiger partial charge in [0.05, 0.1) is 18.6 Å². The van der Waals surface area contributed by atoms with Gasteiger partial charge in [-0.25, -0.2) is 16.8 Å². The van der Waals surface area contributed by atoms with Gasteiger partial charge in [0.1, 0.15) is 10.6 Å². The molecule has 0 saturated carbocycles. The summed E-state index contributed by atoms with van der Waals surface area (Å²) in [4.78, 5) is 6.30. The molecule has 2 aromatic carbocycles. The summed E-state index contributed by atoms with van der Waals surface area (Å²) in [6.07, 6.45) is 0.944. The fourth-order valence-corrected chi connectivity index (χ4v) is 4.37. The molecule has 0 spiro atoms. The van der Waals surface area contributed by atoms with Crippen molar-refractivity contribution in [3.63, 3.8) is 0 Å². The molecule has 0 bridgehead atoms. The monoisotopic (exact) mass is 371 g/mol. The highest BCUT2D eigenvalue weighted by molar-refractivity contribution is 7.93. The molecule has 0 aliphatic heterocycles. The van der Waals surface area contributed by atoms with Crippen molar-refractivity contribution < 1.29 is 26.4 Å². The Morgan fingerprint density at radius 2 is 1.50 bits per heavy atom. The van der Waals surface area contributed by atoms with Crippen molar-refractivity contribution in [1.29, 1.82) is 0 Å². The van der Waals surface area contributed by atoms with E-state index in [0.717, 1.165) is 11.8 Å². The van der Waals surface area contributed by atoms with Crippen molar-refractivity contribution in [1.82, 2.24) is 4.89 Å². The lowest BCUT2D eigenvalue weighted by Gasteiger charge is -2.10. The van der Waals surface area contributed by atoms with Crippen LogP contribution in [0, 0.1) is 0 Å². The molecule has 0 aliphatic rings. The van der Waals surface area contributed by atoms with Gasteiger partial charge in [0, 0.05) is 6.26 Å². The lowest BCUT2D eigenvalue weighted by Crippen LogP contribution is -2.25. The molecule has 2 aromatic rings. The molecule has 0 saturated heterocycles. The van der Waals surface area contributed by atoms with Crippen LogP contribution in [0.5, 0.6) is 5.75 Å². The summed E-state index contributed by atoms with van der Waals surface area (Å²) in [6.45, 7) is -0.0235. The van der Waals surface area contributed by atoms with Crippen LogP contribution in [-0.2, 0) is 31.3 Å². The van der Waals surface area contributed by atoms with Crippen molar-refractivity contribution >= 4 is 19.9 Å². The molecule has 0 amide bonds. The summed E-state index contributed by atoms with van der Waals surface area (Å²) >= 11 is 0. The SMILES string of the molecule is COc1ccc(CONS(=O)(=O)c2ccccc2S(C)(=O)=O)cc1. The van der Waals surface area contributed by atoms with E-state index < -0.39 is 19.9 Å². The number of benzene rings is 2. The quantitative estimate of drug-likeness (QED) is 0.741. The maximum absolute atomic E-state index is 12.3. The van der Waals surface area contributed by atoms with Gasteiger partial charge in [-0.3, -0.25) is 4.84 Å². The summed E-state index contributed by atoms with van der Waals surface area (Å²) in [5.74, 6) is 0.668. The first kappa shape index (κ1) is 18.4. The largest absolute Gasteiger partial charge is 0.497 e. The highest BCUT2D eigenvalue weighted by Gasteiger charge is 2.23. The number of sulfone groups is 1. The van der Waals surface area contributed by atoms with Gasteiger partial charge < -0.3 is 4.74 Å². The molecule has 0 fully saturated rings. The minimum atomic E-state index is -4.13. The van der Waals surface area contributed by atoms with Crippen LogP contribution in [0.15, 0.2) is 58.3 Å². The van der Waals surface area contributed by atoms with Gasteiger partial charge >= 0.3 is 0 Å². The lowest BCUT2D eigenvalue weighted by atomic mass is 10.2. The fraction of sp³-hybridized carbons (Fsp3) is 0.200. The molecular weight excluding hydrogens is 354 g/mol. The van der Waals surface area contributed by atoms with Crippen LogP contribution < -0.4 is 9.62 Å². The summed E-state index contributed by atoms with van der Waals surface area (Å²) in [5.41, 5.74) is 0.717. The number of hydrogen-bond acceptors (Lipinski definition) is 6. The van der Waals surface area contributed by atoms with E-state index in [2.05, 4.69) is 0 Å². The van der Waals surface area contributed by atoms with Gasteiger partial charge in [0.2, 0.25) is 0 Å². The van der Waals surface area contributed by atoms with E-state index in [1.54, 1.807) is 31.4 Å². The number of nitrogens with one attached hydrogen (secondary N) is 1. The second-order valence-corrected chi connectivity index (χ2v) is 8.54. The Labute approximate surface area is 141 Å². The van der Waals surface area contributed by atoms with E-state index in [-0.39, 0.29) is 16.4 Å². The highest BCUT2D eigenvalue weighted by atomic mass is 32.2. The van der Waals surface area contributed by atoms with E-state index in [9.17, 15) is 16.8 Å². The smallest absolute Gasteiger partial charge is 0.263 e. The van der Waals surface area contributed by atoms with Crippen molar-refractivity contribution in [2.75, 3.05) is 13.4 Å². The molecule has 1 N–H and O–H groups in total. The third-order valence-corrected chi connectivity index (χ3v) is 5.66. The first-order chi connectivity index (χ1) is 11.2. The van der Waals surface area contributed by atoms with Gasteiger partial charge in [0.15, 0.2) is 9.84 Å². The summed E-state index contributed by atoms with van der Waals surface area (Å²) in [5, 5.41) is 0. The maximum atomic E-state index is 12.3. The van der Waals surface area contributed by atoms with Crippen LogP contribution in [0.1, 0.15) is 5.56 Å². The van der Waals surface area contributed by atoms with E-state index in [0.29, 0.717) is 5.75 Å². The molecular formula is C15H17NO6S2. The van der Waals surface area contributed by atoms with Crippen LogP contribution in [0.2, 0.25) is 0 Å². The molecule has 0 aliphatic carbocycles. The predicted octanol–water partition coefficient (Wildman–Crippen LogP) is 1.51. The number of methoxy groups -OCH3 is 1.